The van der Waals surface area contributed by atoms with Crippen LogP contribution in [0.5, 0.6) is 0 Å². The third-order valence-electron chi connectivity index (χ3n) is 3.33. The van der Waals surface area contributed by atoms with Crippen LogP contribution in [0.15, 0.2) is 65.6 Å². The Bertz CT molecular complexity index is 483. The highest BCUT2D eigenvalue weighted by Gasteiger charge is 2.14. The molecule has 0 spiro atoms. The van der Waals surface area contributed by atoms with Gasteiger partial charge < -0.3 is 4.90 Å². The molecule has 1 unspecified atom stereocenters. The molecule has 2 rings (SSSR count). The van der Waals surface area contributed by atoms with E-state index in [0.717, 1.165) is 6.54 Å². The van der Waals surface area contributed by atoms with E-state index in [9.17, 15) is 0 Å². The summed E-state index contributed by atoms with van der Waals surface area (Å²) in [7, 11) is 0. The highest BCUT2D eigenvalue weighted by Crippen LogP contribution is 2.29. The lowest BCUT2D eigenvalue weighted by Crippen LogP contribution is -2.31. The van der Waals surface area contributed by atoms with Crippen LogP contribution in [0.25, 0.3) is 0 Å². The maximum absolute atomic E-state index is 2.50. The summed E-state index contributed by atoms with van der Waals surface area (Å²) >= 11 is 1.92. The van der Waals surface area contributed by atoms with Crippen LogP contribution in [0.3, 0.4) is 0 Å². The summed E-state index contributed by atoms with van der Waals surface area (Å²) in [5.41, 5.74) is 1.32. The molecule has 0 aliphatic heterocycles. The quantitative estimate of drug-likeness (QED) is 0.493. The SMILES string of the molecule is CCCCN(c1ccccc1)C(C)Sc1ccccc1. The zero-order chi connectivity index (χ0) is 14.2. The Hall–Kier alpha value is -1.41. The minimum absolute atomic E-state index is 0.436. The van der Waals surface area contributed by atoms with Gasteiger partial charge in [-0.1, -0.05) is 49.7 Å². The first kappa shape index (κ1) is 15.0. The van der Waals surface area contributed by atoms with Crippen LogP contribution < -0.4 is 4.90 Å². The van der Waals surface area contributed by atoms with Crippen molar-refractivity contribution >= 4 is 17.4 Å². The van der Waals surface area contributed by atoms with Crippen molar-refractivity contribution in [3.05, 3.63) is 60.7 Å². The molecule has 0 saturated heterocycles. The zero-order valence-corrected chi connectivity index (χ0v) is 13.1. The highest BCUT2D eigenvalue weighted by atomic mass is 32.2. The molecule has 2 aromatic carbocycles. The first-order valence-electron chi connectivity index (χ1n) is 7.34. The number of hydrogen-bond donors (Lipinski definition) is 0. The Morgan fingerprint density at radius 3 is 2.15 bits per heavy atom. The summed E-state index contributed by atoms with van der Waals surface area (Å²) in [4.78, 5) is 3.83. The molecule has 0 aliphatic rings. The average Bonchev–Trinajstić information content (AvgIpc) is 2.50. The Morgan fingerprint density at radius 2 is 1.55 bits per heavy atom. The van der Waals surface area contributed by atoms with E-state index in [4.69, 9.17) is 0 Å². The minimum atomic E-state index is 0.436. The second-order valence-corrected chi connectivity index (χ2v) is 6.30. The molecule has 0 aromatic heterocycles. The van der Waals surface area contributed by atoms with Crippen molar-refractivity contribution in [2.45, 2.75) is 37.0 Å². The number of hydrogen-bond acceptors (Lipinski definition) is 2. The molecule has 2 heteroatoms. The van der Waals surface area contributed by atoms with Gasteiger partial charge in [-0.25, -0.2) is 0 Å². The van der Waals surface area contributed by atoms with Crippen molar-refractivity contribution in [2.75, 3.05) is 11.4 Å². The van der Waals surface area contributed by atoms with Crippen LogP contribution in [0.1, 0.15) is 26.7 Å². The number of anilines is 1. The van der Waals surface area contributed by atoms with E-state index < -0.39 is 0 Å². The third-order valence-corrected chi connectivity index (χ3v) is 4.47. The van der Waals surface area contributed by atoms with Gasteiger partial charge in [0, 0.05) is 17.1 Å². The van der Waals surface area contributed by atoms with Crippen molar-refractivity contribution in [1.29, 1.82) is 0 Å². The molecule has 106 valence electrons. The van der Waals surface area contributed by atoms with Gasteiger partial charge in [0.15, 0.2) is 0 Å². The van der Waals surface area contributed by atoms with E-state index in [1.54, 1.807) is 0 Å². The Morgan fingerprint density at radius 1 is 0.950 bits per heavy atom. The normalized spacial score (nSPS) is 12.1. The molecule has 0 amide bonds. The lowest BCUT2D eigenvalue weighted by atomic mass is 10.2. The first-order chi connectivity index (χ1) is 9.81. The highest BCUT2D eigenvalue weighted by molar-refractivity contribution is 8.00. The topological polar surface area (TPSA) is 3.24 Å². The molecule has 0 fully saturated rings. The third kappa shape index (κ3) is 4.31. The summed E-state index contributed by atoms with van der Waals surface area (Å²) in [6.45, 7) is 5.65. The molecule has 0 saturated carbocycles. The number of thioether (sulfide) groups is 1. The lowest BCUT2D eigenvalue weighted by molar-refractivity contribution is 0.712. The fourth-order valence-electron chi connectivity index (χ4n) is 2.23. The van der Waals surface area contributed by atoms with Crippen molar-refractivity contribution in [3.63, 3.8) is 0 Å². The van der Waals surface area contributed by atoms with Gasteiger partial charge in [0.25, 0.3) is 0 Å². The number of benzene rings is 2. The van der Waals surface area contributed by atoms with E-state index in [1.807, 2.05) is 11.8 Å². The number of rotatable bonds is 7. The van der Waals surface area contributed by atoms with Crippen molar-refractivity contribution in [1.82, 2.24) is 0 Å². The molecule has 1 nitrogen and oxygen atoms in total. The standard InChI is InChI=1S/C18H23NS/c1-3-4-15-19(17-11-7-5-8-12-17)16(2)20-18-13-9-6-10-14-18/h5-14,16H,3-4,15H2,1-2H3. The van der Waals surface area contributed by atoms with Crippen LogP contribution in [-0.4, -0.2) is 11.9 Å². The summed E-state index contributed by atoms with van der Waals surface area (Å²) in [6.07, 6.45) is 2.46. The Kier molecular flexibility index (Phi) is 6.00. The lowest BCUT2D eigenvalue weighted by Gasteiger charge is -2.31. The van der Waals surface area contributed by atoms with Crippen molar-refractivity contribution in [3.8, 4) is 0 Å². The summed E-state index contributed by atoms with van der Waals surface area (Å²) in [5.74, 6) is 0. The van der Waals surface area contributed by atoms with Gasteiger partial charge in [0.2, 0.25) is 0 Å². The maximum atomic E-state index is 2.50. The van der Waals surface area contributed by atoms with Gasteiger partial charge in [0.05, 0.1) is 5.37 Å². The van der Waals surface area contributed by atoms with Gasteiger partial charge >= 0.3 is 0 Å². The molecule has 1 atom stereocenters. The summed E-state index contributed by atoms with van der Waals surface area (Å²) in [6, 6.07) is 21.4. The van der Waals surface area contributed by atoms with Gasteiger partial charge in [-0.3, -0.25) is 0 Å². The second kappa shape index (κ2) is 8.01. The van der Waals surface area contributed by atoms with Crippen LogP contribution in [0.4, 0.5) is 5.69 Å². The molecule has 0 bridgehead atoms. The van der Waals surface area contributed by atoms with Gasteiger partial charge in [-0.2, -0.15) is 0 Å². The minimum Gasteiger partial charge on any atom is -0.359 e. The maximum Gasteiger partial charge on any atom is 0.0768 e. The Balaban J connectivity index is 2.10. The second-order valence-electron chi connectivity index (χ2n) is 4.91. The molecule has 2 aromatic rings. The van der Waals surface area contributed by atoms with E-state index in [1.165, 1.54) is 23.4 Å². The fourth-order valence-corrected chi connectivity index (χ4v) is 3.29. The van der Waals surface area contributed by atoms with Gasteiger partial charge in [-0.15, -0.1) is 11.8 Å². The van der Waals surface area contributed by atoms with Crippen LogP contribution in [-0.2, 0) is 0 Å². The molecular weight excluding hydrogens is 262 g/mol. The smallest absolute Gasteiger partial charge is 0.0768 e. The number of unbranched alkanes of at least 4 members (excludes halogenated alkanes) is 1. The van der Waals surface area contributed by atoms with E-state index in [-0.39, 0.29) is 0 Å². The molecule has 0 radical (unpaired) electrons. The first-order valence-corrected chi connectivity index (χ1v) is 8.22. The van der Waals surface area contributed by atoms with Crippen molar-refractivity contribution in [2.24, 2.45) is 0 Å². The summed E-state index contributed by atoms with van der Waals surface area (Å²) < 4.78 is 0. The van der Waals surface area contributed by atoms with Crippen LogP contribution in [0.2, 0.25) is 0 Å². The number of nitrogens with zero attached hydrogens (tertiary/aromatic N) is 1. The van der Waals surface area contributed by atoms with E-state index in [0.29, 0.717) is 5.37 Å². The Labute approximate surface area is 127 Å². The molecule has 0 heterocycles. The largest absolute Gasteiger partial charge is 0.359 e. The molecular formula is C18H23NS. The zero-order valence-electron chi connectivity index (χ0n) is 12.3. The average molecular weight is 285 g/mol. The predicted molar refractivity (Wildman–Crippen MR) is 90.5 cm³/mol. The van der Waals surface area contributed by atoms with Crippen molar-refractivity contribution < 1.29 is 0 Å². The van der Waals surface area contributed by atoms with Crippen LogP contribution in [0, 0.1) is 0 Å². The van der Waals surface area contributed by atoms with E-state index >= 15 is 0 Å². The predicted octanol–water partition coefficient (Wildman–Crippen LogP) is 5.43. The van der Waals surface area contributed by atoms with Gasteiger partial charge in [-0.05, 0) is 37.6 Å². The summed E-state index contributed by atoms with van der Waals surface area (Å²) in [5, 5.41) is 0.436. The number of para-hydroxylation sites is 1. The van der Waals surface area contributed by atoms with Crippen LogP contribution >= 0.6 is 11.8 Å². The monoisotopic (exact) mass is 285 g/mol. The molecule has 0 N–H and O–H groups in total. The molecule has 20 heavy (non-hydrogen) atoms. The van der Waals surface area contributed by atoms with E-state index in [2.05, 4.69) is 79.4 Å². The molecule has 0 aliphatic carbocycles. The van der Waals surface area contributed by atoms with Gasteiger partial charge in [0.1, 0.15) is 0 Å². The fraction of sp³-hybridized carbons (Fsp3) is 0.333.